The fourth-order valence-electron chi connectivity index (χ4n) is 3.42. The fraction of sp³-hybridized carbons (Fsp3) is 0.0769. The van der Waals surface area contributed by atoms with E-state index in [9.17, 15) is 14.9 Å². The highest BCUT2D eigenvalue weighted by atomic mass is 127. The summed E-state index contributed by atoms with van der Waals surface area (Å²) >= 11 is 20.4. The molecule has 1 heterocycles. The Morgan fingerprint density at radius 2 is 1.97 bits per heavy atom. The van der Waals surface area contributed by atoms with Crippen LogP contribution >= 0.6 is 69.8 Å². The molecule has 0 atom stereocenters. The molecule has 39 heavy (non-hydrogen) atoms. The molecule has 3 aromatic rings. The van der Waals surface area contributed by atoms with E-state index >= 15 is 0 Å². The summed E-state index contributed by atoms with van der Waals surface area (Å²) in [5.41, 5.74) is 4.79. The van der Waals surface area contributed by atoms with Gasteiger partial charge in [0.05, 0.1) is 37.3 Å². The Bertz CT molecular complexity index is 1560. The van der Waals surface area contributed by atoms with Crippen molar-refractivity contribution >= 4 is 97.8 Å². The van der Waals surface area contributed by atoms with Crippen LogP contribution in [0, 0.1) is 14.9 Å². The maximum atomic E-state index is 13.0. The molecule has 0 saturated carbocycles. The third-order valence-electron chi connectivity index (χ3n) is 5.24. The van der Waals surface area contributed by atoms with Crippen molar-refractivity contribution in [3.63, 3.8) is 0 Å². The van der Waals surface area contributed by atoms with Crippen LogP contribution in [-0.2, 0) is 11.4 Å². The molecule has 1 fully saturated rings. The average molecular weight is 711 g/mol. The monoisotopic (exact) mass is 710 g/mol. The summed E-state index contributed by atoms with van der Waals surface area (Å²) < 4.78 is 12.4. The number of ether oxygens (including phenoxy) is 2. The van der Waals surface area contributed by atoms with Gasteiger partial charge < -0.3 is 14.8 Å². The Labute approximate surface area is 257 Å². The summed E-state index contributed by atoms with van der Waals surface area (Å²) in [6.07, 6.45) is 1.65. The third-order valence-corrected chi connectivity index (χ3v) is 8.09. The van der Waals surface area contributed by atoms with Gasteiger partial charge in [-0.2, -0.15) is 10.3 Å². The van der Waals surface area contributed by atoms with Crippen molar-refractivity contribution in [1.82, 2.24) is 10.4 Å². The smallest absolute Gasteiger partial charge is 0.338 e. The summed E-state index contributed by atoms with van der Waals surface area (Å²) in [5.74, 6) is 0.477. The highest BCUT2D eigenvalue weighted by Crippen LogP contribution is 2.37. The molecule has 0 aliphatic carbocycles. The predicted octanol–water partition coefficient (Wildman–Crippen LogP) is 7.00. The van der Waals surface area contributed by atoms with E-state index in [0.29, 0.717) is 38.2 Å². The van der Waals surface area contributed by atoms with Gasteiger partial charge in [0, 0.05) is 11.3 Å². The number of rotatable bonds is 7. The molecule has 198 valence electrons. The van der Waals surface area contributed by atoms with Gasteiger partial charge >= 0.3 is 6.03 Å². The Kier molecular flexibility index (Phi) is 9.58. The molecule has 0 bridgehead atoms. The molecule has 1 aliphatic rings. The summed E-state index contributed by atoms with van der Waals surface area (Å²) in [6, 6.07) is 16.8. The van der Waals surface area contributed by atoms with E-state index < -0.39 is 11.9 Å². The van der Waals surface area contributed by atoms with E-state index in [2.05, 4.69) is 39.4 Å². The summed E-state index contributed by atoms with van der Waals surface area (Å²) in [6.45, 7) is 0.185. The molecular formula is C26H17Cl2IN4O4S2. The van der Waals surface area contributed by atoms with Crippen LogP contribution in [0.4, 0.5) is 10.5 Å². The van der Waals surface area contributed by atoms with Crippen molar-refractivity contribution in [3.8, 4) is 17.6 Å². The van der Waals surface area contributed by atoms with Gasteiger partial charge in [-0.15, -0.1) is 0 Å². The third kappa shape index (κ3) is 6.95. The zero-order valence-corrected chi connectivity index (χ0v) is 25.3. The number of urea groups is 1. The summed E-state index contributed by atoms with van der Waals surface area (Å²) in [7, 11) is 1.52. The lowest BCUT2D eigenvalue weighted by atomic mass is 10.1. The van der Waals surface area contributed by atoms with E-state index in [-0.39, 0.29) is 16.0 Å². The number of amides is 3. The molecule has 13 heteroatoms. The standard InChI is InChI=1S/C26H17Cl2IN4O4S2/c1-36-21-9-14(8-20(29)23(21)37-13-16-5-3-2-4-15(16)12-30)10-22-24(34)33(26(38)39-22)32-25(35)31-17-6-7-18(27)19(28)11-17/h2-11H,13H2,1H3,(H2,31,32,35)/b22-10+. The van der Waals surface area contributed by atoms with E-state index in [1.807, 2.05) is 18.2 Å². The number of benzene rings is 3. The lowest BCUT2D eigenvalue weighted by Crippen LogP contribution is -2.46. The van der Waals surface area contributed by atoms with Crippen LogP contribution in [0.15, 0.2) is 59.5 Å². The van der Waals surface area contributed by atoms with Gasteiger partial charge in [-0.3, -0.25) is 4.79 Å². The number of methoxy groups -OCH3 is 1. The normalized spacial score (nSPS) is 13.8. The number of nitrogens with one attached hydrogen (secondary N) is 2. The van der Waals surface area contributed by atoms with E-state index in [0.717, 1.165) is 25.9 Å². The fourth-order valence-corrected chi connectivity index (χ4v) is 5.68. The highest BCUT2D eigenvalue weighted by molar-refractivity contribution is 14.1. The molecule has 8 nitrogen and oxygen atoms in total. The number of anilines is 1. The van der Waals surface area contributed by atoms with Crippen LogP contribution in [-0.4, -0.2) is 28.4 Å². The van der Waals surface area contributed by atoms with Gasteiger partial charge in [-0.1, -0.05) is 53.2 Å². The first-order chi connectivity index (χ1) is 18.7. The first-order valence-corrected chi connectivity index (χ1v) is 14.0. The molecule has 1 saturated heterocycles. The molecular weight excluding hydrogens is 694 g/mol. The summed E-state index contributed by atoms with van der Waals surface area (Å²) in [5, 5.41) is 13.5. The highest BCUT2D eigenvalue weighted by Gasteiger charge is 2.34. The van der Waals surface area contributed by atoms with Gasteiger partial charge in [-0.05, 0) is 82.8 Å². The number of halogens is 3. The van der Waals surface area contributed by atoms with Gasteiger partial charge in [0.25, 0.3) is 5.91 Å². The van der Waals surface area contributed by atoms with Crippen molar-refractivity contribution in [2.24, 2.45) is 0 Å². The van der Waals surface area contributed by atoms with Crippen molar-refractivity contribution in [3.05, 3.63) is 89.8 Å². The van der Waals surface area contributed by atoms with Gasteiger partial charge in [0.2, 0.25) is 0 Å². The Morgan fingerprint density at radius 1 is 1.21 bits per heavy atom. The molecule has 3 amide bonds. The minimum absolute atomic E-state index is 0.160. The van der Waals surface area contributed by atoms with Crippen molar-refractivity contribution in [2.45, 2.75) is 6.61 Å². The SMILES string of the molecule is COc1cc(/C=C2/SC(=S)N(NC(=O)Nc3ccc(Cl)c(Cl)c3)C2=O)cc(I)c1OCc1ccccc1C#N. The van der Waals surface area contributed by atoms with Crippen molar-refractivity contribution < 1.29 is 19.1 Å². The minimum Gasteiger partial charge on any atom is -0.493 e. The second-order valence-corrected chi connectivity index (χ2v) is 11.5. The predicted molar refractivity (Wildman–Crippen MR) is 165 cm³/mol. The number of carbonyl (C=O) groups is 2. The molecule has 2 N–H and O–H groups in total. The maximum absolute atomic E-state index is 13.0. The zero-order valence-electron chi connectivity index (χ0n) is 20.0. The molecule has 0 unspecified atom stereocenters. The first-order valence-electron chi connectivity index (χ1n) is 11.0. The van der Waals surface area contributed by atoms with Crippen molar-refractivity contribution in [1.29, 1.82) is 5.26 Å². The van der Waals surface area contributed by atoms with Crippen LogP contribution in [0.1, 0.15) is 16.7 Å². The first kappa shape index (κ1) is 29.0. The van der Waals surface area contributed by atoms with Crippen molar-refractivity contribution in [2.75, 3.05) is 12.4 Å². The quantitative estimate of drug-likeness (QED) is 0.155. The number of nitrogens with zero attached hydrogens (tertiary/aromatic N) is 2. The lowest BCUT2D eigenvalue weighted by Gasteiger charge is -2.16. The number of thiocarbonyl (C=S) groups is 1. The van der Waals surface area contributed by atoms with Crippen LogP contribution in [0.2, 0.25) is 10.0 Å². The van der Waals surface area contributed by atoms with E-state index in [4.69, 9.17) is 44.9 Å². The van der Waals surface area contributed by atoms with Crippen LogP contribution in [0.3, 0.4) is 0 Å². The summed E-state index contributed by atoms with van der Waals surface area (Å²) in [4.78, 5) is 25.8. The Balaban J connectivity index is 1.48. The second kappa shape index (κ2) is 12.9. The number of nitriles is 1. The van der Waals surface area contributed by atoms with Crippen LogP contribution < -0.4 is 20.2 Å². The zero-order chi connectivity index (χ0) is 28.1. The van der Waals surface area contributed by atoms with Gasteiger partial charge in [0.1, 0.15) is 6.61 Å². The van der Waals surface area contributed by atoms with Gasteiger partial charge in [0.15, 0.2) is 15.8 Å². The number of carbonyl (C=O) groups excluding carboxylic acids is 2. The number of hydrogen-bond acceptors (Lipinski definition) is 7. The second-order valence-electron chi connectivity index (χ2n) is 7.80. The number of hydrogen-bond donors (Lipinski definition) is 2. The largest absolute Gasteiger partial charge is 0.493 e. The maximum Gasteiger partial charge on any atom is 0.338 e. The van der Waals surface area contributed by atoms with Crippen LogP contribution in [0.25, 0.3) is 6.08 Å². The Morgan fingerprint density at radius 3 is 2.69 bits per heavy atom. The topological polar surface area (TPSA) is 104 Å². The molecule has 1 aliphatic heterocycles. The van der Waals surface area contributed by atoms with E-state index in [1.54, 1.807) is 36.4 Å². The van der Waals surface area contributed by atoms with E-state index in [1.165, 1.54) is 13.2 Å². The molecule has 3 aromatic carbocycles. The molecule has 0 radical (unpaired) electrons. The average Bonchev–Trinajstić information content (AvgIpc) is 3.17. The Hall–Kier alpha value is -3.02. The van der Waals surface area contributed by atoms with Crippen LogP contribution in [0.5, 0.6) is 11.5 Å². The number of hydrazine groups is 1. The van der Waals surface area contributed by atoms with Gasteiger partial charge in [-0.25, -0.2) is 10.2 Å². The lowest BCUT2D eigenvalue weighted by molar-refractivity contribution is -0.123. The number of thioether (sulfide) groups is 1. The molecule has 0 aromatic heterocycles. The molecule has 0 spiro atoms. The molecule has 4 rings (SSSR count). The minimum atomic E-state index is -0.679.